The van der Waals surface area contributed by atoms with Crippen LogP contribution in [0.2, 0.25) is 0 Å². The molecule has 1 fully saturated rings. The Hall–Kier alpha value is -2.22. The number of carbonyl (C=O) groups excluding carboxylic acids is 1. The molecule has 0 aromatic heterocycles. The quantitative estimate of drug-likeness (QED) is 0.522. The van der Waals surface area contributed by atoms with Crippen molar-refractivity contribution >= 4 is 23.2 Å². The highest BCUT2D eigenvalue weighted by Crippen LogP contribution is 2.39. The van der Waals surface area contributed by atoms with Crippen molar-refractivity contribution in [2.45, 2.75) is 39.2 Å². The first-order chi connectivity index (χ1) is 12.9. The maximum atomic E-state index is 12.6. The maximum absolute atomic E-state index is 12.6. The highest BCUT2D eigenvalue weighted by atomic mass is 32.1. The smallest absolute Gasteiger partial charge is 0.273 e. The van der Waals surface area contributed by atoms with Crippen LogP contribution < -0.4 is 30.4 Å². The molecular formula is C19H29N3O4S. The molecule has 2 rings (SSSR count). The fourth-order valence-electron chi connectivity index (χ4n) is 3.45. The van der Waals surface area contributed by atoms with Gasteiger partial charge in [-0.3, -0.25) is 15.6 Å². The number of methoxy groups -OCH3 is 3. The molecule has 150 valence electrons. The molecule has 1 aliphatic rings. The number of thiocarbonyl (C=S) groups is 1. The predicted octanol–water partition coefficient (Wildman–Crippen LogP) is 2.65. The Morgan fingerprint density at radius 3 is 2.37 bits per heavy atom. The second-order valence-corrected chi connectivity index (χ2v) is 7.22. The third-order valence-electron chi connectivity index (χ3n) is 5.26. The minimum absolute atomic E-state index is 0.296. The van der Waals surface area contributed by atoms with E-state index in [0.717, 1.165) is 6.42 Å². The van der Waals surface area contributed by atoms with Gasteiger partial charge in [0.1, 0.15) is 0 Å². The Labute approximate surface area is 166 Å². The summed E-state index contributed by atoms with van der Waals surface area (Å²) in [6, 6.07) is 3.57. The van der Waals surface area contributed by atoms with Crippen molar-refractivity contribution in [3.05, 3.63) is 17.7 Å². The standard InChI is InChI=1S/C19H29N3O4S/c1-11-7-6-8-14(12(11)2)20-19(27)22-21-18(23)13-9-10-15(24-3)17(26-5)16(13)25-4/h9-12,14H,6-8H2,1-5H3,(H,21,23)(H2,20,22,27)/t11-,12+,14+/m0/s1. The van der Waals surface area contributed by atoms with Gasteiger partial charge in [0.15, 0.2) is 16.6 Å². The Balaban J connectivity index is 2.00. The molecule has 27 heavy (non-hydrogen) atoms. The summed E-state index contributed by atoms with van der Waals surface area (Å²) in [5, 5.41) is 3.70. The summed E-state index contributed by atoms with van der Waals surface area (Å²) in [6.07, 6.45) is 3.50. The average molecular weight is 396 g/mol. The van der Waals surface area contributed by atoms with Gasteiger partial charge in [0.05, 0.1) is 26.9 Å². The molecule has 3 atom stereocenters. The Morgan fingerprint density at radius 1 is 1.04 bits per heavy atom. The number of rotatable bonds is 5. The Morgan fingerprint density at radius 2 is 1.74 bits per heavy atom. The molecule has 0 heterocycles. The van der Waals surface area contributed by atoms with E-state index in [0.29, 0.717) is 45.8 Å². The molecule has 3 N–H and O–H groups in total. The van der Waals surface area contributed by atoms with Gasteiger partial charge in [-0.1, -0.05) is 26.7 Å². The molecule has 0 spiro atoms. The van der Waals surface area contributed by atoms with Crippen molar-refractivity contribution in [1.82, 2.24) is 16.2 Å². The van der Waals surface area contributed by atoms with Crippen LogP contribution in [0.15, 0.2) is 12.1 Å². The fraction of sp³-hybridized carbons (Fsp3) is 0.579. The molecule has 0 unspecified atom stereocenters. The van der Waals surface area contributed by atoms with Crippen LogP contribution in [-0.4, -0.2) is 38.4 Å². The molecule has 0 bridgehead atoms. The summed E-state index contributed by atoms with van der Waals surface area (Å²) < 4.78 is 15.9. The van der Waals surface area contributed by atoms with Crippen LogP contribution in [0, 0.1) is 11.8 Å². The zero-order valence-corrected chi connectivity index (χ0v) is 17.4. The van der Waals surface area contributed by atoms with Crippen LogP contribution in [0.5, 0.6) is 17.2 Å². The van der Waals surface area contributed by atoms with E-state index in [9.17, 15) is 4.79 Å². The van der Waals surface area contributed by atoms with Crippen LogP contribution in [0.25, 0.3) is 0 Å². The van der Waals surface area contributed by atoms with Crippen LogP contribution in [0.1, 0.15) is 43.5 Å². The van der Waals surface area contributed by atoms with Gasteiger partial charge in [-0.25, -0.2) is 0 Å². The van der Waals surface area contributed by atoms with E-state index in [4.69, 9.17) is 26.4 Å². The predicted molar refractivity (Wildman–Crippen MR) is 108 cm³/mol. The lowest BCUT2D eigenvalue weighted by molar-refractivity contribution is 0.0939. The molecule has 1 saturated carbocycles. The average Bonchev–Trinajstić information content (AvgIpc) is 2.68. The largest absolute Gasteiger partial charge is 0.493 e. The molecular weight excluding hydrogens is 366 g/mol. The molecule has 8 heteroatoms. The third-order valence-corrected chi connectivity index (χ3v) is 5.48. The van der Waals surface area contributed by atoms with E-state index in [-0.39, 0.29) is 5.91 Å². The highest BCUT2D eigenvalue weighted by molar-refractivity contribution is 7.80. The summed E-state index contributed by atoms with van der Waals surface area (Å²) in [5.74, 6) is 1.94. The normalized spacial score (nSPS) is 21.7. The number of ether oxygens (including phenoxy) is 3. The van der Waals surface area contributed by atoms with Crippen molar-refractivity contribution in [3.8, 4) is 17.2 Å². The number of carbonyl (C=O) groups is 1. The van der Waals surface area contributed by atoms with Crippen molar-refractivity contribution < 1.29 is 19.0 Å². The molecule has 0 radical (unpaired) electrons. The van der Waals surface area contributed by atoms with E-state index < -0.39 is 0 Å². The van der Waals surface area contributed by atoms with Gasteiger partial charge in [0.2, 0.25) is 5.75 Å². The number of hydrazine groups is 1. The van der Waals surface area contributed by atoms with Crippen molar-refractivity contribution in [1.29, 1.82) is 0 Å². The van der Waals surface area contributed by atoms with Gasteiger partial charge in [-0.2, -0.15) is 0 Å². The van der Waals surface area contributed by atoms with Crippen LogP contribution in [0.3, 0.4) is 0 Å². The number of amides is 1. The highest BCUT2D eigenvalue weighted by Gasteiger charge is 2.27. The number of hydrogen-bond donors (Lipinski definition) is 3. The van der Waals surface area contributed by atoms with E-state index in [1.54, 1.807) is 12.1 Å². The van der Waals surface area contributed by atoms with E-state index in [1.807, 2.05) is 0 Å². The minimum atomic E-state index is -0.387. The second kappa shape index (κ2) is 9.64. The number of benzene rings is 1. The molecule has 1 aliphatic carbocycles. The monoisotopic (exact) mass is 395 g/mol. The van der Waals surface area contributed by atoms with Gasteiger partial charge in [-0.15, -0.1) is 0 Å². The minimum Gasteiger partial charge on any atom is -0.493 e. The SMILES string of the molecule is COc1ccc(C(=O)NNC(=S)N[C@@H]2CCC[C@H](C)[C@H]2C)c(OC)c1OC. The van der Waals surface area contributed by atoms with Gasteiger partial charge in [0.25, 0.3) is 5.91 Å². The first-order valence-electron chi connectivity index (χ1n) is 9.08. The summed E-state index contributed by atoms with van der Waals surface area (Å²) >= 11 is 5.33. The van der Waals surface area contributed by atoms with Gasteiger partial charge < -0.3 is 19.5 Å². The molecule has 1 amide bonds. The van der Waals surface area contributed by atoms with Crippen molar-refractivity contribution in [2.75, 3.05) is 21.3 Å². The number of nitrogens with one attached hydrogen (secondary N) is 3. The van der Waals surface area contributed by atoms with Gasteiger partial charge >= 0.3 is 0 Å². The third kappa shape index (κ3) is 4.94. The zero-order chi connectivity index (χ0) is 20.0. The lowest BCUT2D eigenvalue weighted by Crippen LogP contribution is -2.52. The molecule has 7 nitrogen and oxygen atoms in total. The lowest BCUT2D eigenvalue weighted by atomic mass is 9.78. The summed E-state index contributed by atoms with van der Waals surface area (Å²) in [4.78, 5) is 12.6. The van der Waals surface area contributed by atoms with E-state index in [1.165, 1.54) is 34.2 Å². The van der Waals surface area contributed by atoms with Gasteiger partial charge in [-0.05, 0) is 42.6 Å². The summed E-state index contributed by atoms with van der Waals surface area (Å²) in [7, 11) is 4.49. The van der Waals surface area contributed by atoms with Gasteiger partial charge in [0, 0.05) is 6.04 Å². The topological polar surface area (TPSA) is 80.9 Å². The summed E-state index contributed by atoms with van der Waals surface area (Å²) in [6.45, 7) is 4.50. The first kappa shape index (κ1) is 21.1. The van der Waals surface area contributed by atoms with Crippen molar-refractivity contribution in [2.24, 2.45) is 11.8 Å². The fourth-order valence-corrected chi connectivity index (χ4v) is 3.65. The van der Waals surface area contributed by atoms with Crippen LogP contribution in [0.4, 0.5) is 0 Å². The zero-order valence-electron chi connectivity index (χ0n) is 16.5. The molecule has 0 saturated heterocycles. The summed E-state index contributed by atoms with van der Waals surface area (Å²) in [5.41, 5.74) is 5.69. The van der Waals surface area contributed by atoms with E-state index >= 15 is 0 Å². The second-order valence-electron chi connectivity index (χ2n) is 6.81. The molecule has 1 aromatic rings. The lowest BCUT2D eigenvalue weighted by Gasteiger charge is -2.35. The Kier molecular flexibility index (Phi) is 7.53. The van der Waals surface area contributed by atoms with Crippen LogP contribution >= 0.6 is 12.2 Å². The number of hydrogen-bond acceptors (Lipinski definition) is 5. The van der Waals surface area contributed by atoms with Crippen molar-refractivity contribution in [3.63, 3.8) is 0 Å². The first-order valence-corrected chi connectivity index (χ1v) is 9.49. The van der Waals surface area contributed by atoms with Crippen LogP contribution in [-0.2, 0) is 0 Å². The maximum Gasteiger partial charge on any atom is 0.273 e. The van der Waals surface area contributed by atoms with E-state index in [2.05, 4.69) is 30.0 Å². The Bertz CT molecular complexity index is 683. The molecule has 0 aliphatic heterocycles. The molecule has 1 aromatic carbocycles.